The van der Waals surface area contributed by atoms with Crippen LogP contribution in [0.15, 0.2) is 54.6 Å². The van der Waals surface area contributed by atoms with Crippen molar-refractivity contribution >= 4 is 0 Å². The van der Waals surface area contributed by atoms with Crippen molar-refractivity contribution in [3.8, 4) is 23.0 Å². The number of aromatic hydroxyl groups is 4. The van der Waals surface area contributed by atoms with Crippen molar-refractivity contribution in [1.82, 2.24) is 0 Å². The molecule has 1 unspecified atom stereocenters. The summed E-state index contributed by atoms with van der Waals surface area (Å²) in [7, 11) is 0. The van der Waals surface area contributed by atoms with Crippen molar-refractivity contribution in [2.24, 2.45) is 0 Å². The smallest absolute Gasteiger partial charge is 0.204 e. The average molecular weight is 336 g/mol. The van der Waals surface area contributed by atoms with Crippen molar-refractivity contribution in [2.75, 3.05) is 0 Å². The van der Waals surface area contributed by atoms with Gasteiger partial charge in [0.1, 0.15) is 0 Å². The Morgan fingerprint density at radius 1 is 0.640 bits per heavy atom. The summed E-state index contributed by atoms with van der Waals surface area (Å²) in [6.07, 6.45) is 0. The van der Waals surface area contributed by atoms with E-state index in [0.29, 0.717) is 11.1 Å². The van der Waals surface area contributed by atoms with Gasteiger partial charge in [0.25, 0.3) is 0 Å². The van der Waals surface area contributed by atoms with E-state index in [-0.39, 0.29) is 0 Å². The molecule has 4 N–H and O–H groups in total. The Morgan fingerprint density at radius 2 is 1.20 bits per heavy atom. The second kappa shape index (κ2) is 6.40. The average Bonchev–Trinajstić information content (AvgIpc) is 2.63. The summed E-state index contributed by atoms with van der Waals surface area (Å²) in [4.78, 5) is 0. The van der Waals surface area contributed by atoms with E-state index in [9.17, 15) is 20.4 Å². The summed E-state index contributed by atoms with van der Waals surface area (Å²) in [6, 6.07) is 17.3. The van der Waals surface area contributed by atoms with Crippen molar-refractivity contribution in [3.05, 3.63) is 82.4 Å². The first-order chi connectivity index (χ1) is 11.9. The molecule has 3 rings (SSSR count). The monoisotopic (exact) mass is 336 g/mol. The van der Waals surface area contributed by atoms with E-state index >= 15 is 0 Å². The number of hydrogen-bond donors (Lipinski definition) is 4. The fourth-order valence-electron chi connectivity index (χ4n) is 3.25. The third-order valence-corrected chi connectivity index (χ3v) is 4.61. The first-order valence-electron chi connectivity index (χ1n) is 8.00. The molecule has 0 aliphatic heterocycles. The van der Waals surface area contributed by atoms with Gasteiger partial charge in [-0.15, -0.1) is 0 Å². The summed E-state index contributed by atoms with van der Waals surface area (Å²) < 4.78 is 0. The first-order valence-corrected chi connectivity index (χ1v) is 8.00. The maximum atomic E-state index is 10.5. The molecule has 0 aliphatic carbocycles. The summed E-state index contributed by atoms with van der Waals surface area (Å²) in [5.74, 6) is -2.69. The molecule has 0 amide bonds. The fourth-order valence-corrected chi connectivity index (χ4v) is 3.25. The van der Waals surface area contributed by atoms with Gasteiger partial charge in [0, 0.05) is 17.0 Å². The van der Waals surface area contributed by atoms with Gasteiger partial charge in [0.2, 0.25) is 11.5 Å². The van der Waals surface area contributed by atoms with Crippen molar-refractivity contribution < 1.29 is 20.4 Å². The molecule has 0 aromatic heterocycles. The summed E-state index contributed by atoms with van der Waals surface area (Å²) in [5.41, 5.74) is 3.55. The van der Waals surface area contributed by atoms with Crippen LogP contribution in [0.25, 0.3) is 0 Å². The van der Waals surface area contributed by atoms with Crippen LogP contribution in [0.1, 0.15) is 33.7 Å². The second-order valence-corrected chi connectivity index (χ2v) is 6.13. The van der Waals surface area contributed by atoms with Crippen LogP contribution in [0.3, 0.4) is 0 Å². The van der Waals surface area contributed by atoms with Crippen LogP contribution in [0, 0.1) is 13.8 Å². The van der Waals surface area contributed by atoms with Crippen LogP contribution >= 0.6 is 0 Å². The van der Waals surface area contributed by atoms with Gasteiger partial charge >= 0.3 is 0 Å². The number of hydrogen-bond acceptors (Lipinski definition) is 4. The molecule has 0 radical (unpaired) electrons. The molecular weight excluding hydrogens is 316 g/mol. The molecule has 0 fully saturated rings. The van der Waals surface area contributed by atoms with Crippen LogP contribution in [-0.4, -0.2) is 20.4 Å². The minimum absolute atomic E-state index is 0.324. The predicted octanol–water partition coefficient (Wildman–Crippen LogP) is 4.31. The molecule has 25 heavy (non-hydrogen) atoms. The molecule has 0 aliphatic rings. The quantitative estimate of drug-likeness (QED) is 0.326. The molecule has 4 heteroatoms. The van der Waals surface area contributed by atoms with E-state index in [1.165, 1.54) is 0 Å². The zero-order chi connectivity index (χ0) is 18.1. The third kappa shape index (κ3) is 2.76. The Labute approximate surface area is 146 Å². The van der Waals surface area contributed by atoms with Gasteiger partial charge in [-0.25, -0.2) is 0 Å². The molecule has 3 aromatic rings. The molecule has 0 spiro atoms. The summed E-state index contributed by atoms with van der Waals surface area (Å²) in [6.45, 7) is 3.58. The lowest BCUT2D eigenvalue weighted by Gasteiger charge is -2.24. The fraction of sp³-hybridized carbons (Fsp3) is 0.143. The van der Waals surface area contributed by atoms with Gasteiger partial charge in [0.05, 0.1) is 0 Å². The predicted molar refractivity (Wildman–Crippen MR) is 96.4 cm³/mol. The Kier molecular flexibility index (Phi) is 4.28. The van der Waals surface area contributed by atoms with Crippen molar-refractivity contribution in [3.63, 3.8) is 0 Å². The minimum Gasteiger partial charge on any atom is -0.504 e. The largest absolute Gasteiger partial charge is 0.504 e. The topological polar surface area (TPSA) is 80.9 Å². The highest BCUT2D eigenvalue weighted by Gasteiger charge is 2.29. The van der Waals surface area contributed by atoms with E-state index in [2.05, 4.69) is 0 Å². The van der Waals surface area contributed by atoms with Crippen LogP contribution < -0.4 is 0 Å². The summed E-state index contributed by atoms with van der Waals surface area (Å²) >= 11 is 0. The number of aryl methyl sites for hydroxylation is 1. The molecular formula is C21H20O4. The molecule has 128 valence electrons. The Morgan fingerprint density at radius 3 is 1.84 bits per heavy atom. The van der Waals surface area contributed by atoms with E-state index in [4.69, 9.17) is 0 Å². The SMILES string of the molecule is Cc1ccccc1C(c1ccccc1)c1c(C)c(O)c(O)c(O)c1O. The zero-order valence-corrected chi connectivity index (χ0v) is 14.1. The van der Waals surface area contributed by atoms with Crippen molar-refractivity contribution in [2.45, 2.75) is 19.8 Å². The van der Waals surface area contributed by atoms with Gasteiger partial charge in [-0.1, -0.05) is 54.6 Å². The highest BCUT2D eigenvalue weighted by molar-refractivity contribution is 5.68. The molecule has 0 saturated heterocycles. The van der Waals surface area contributed by atoms with E-state index in [1.54, 1.807) is 6.92 Å². The summed E-state index contributed by atoms with van der Waals surface area (Å²) in [5, 5.41) is 40.6. The van der Waals surface area contributed by atoms with Crippen LogP contribution in [0.2, 0.25) is 0 Å². The highest BCUT2D eigenvalue weighted by Crippen LogP contribution is 2.51. The Balaban J connectivity index is 2.37. The Bertz CT molecular complexity index is 888. The lowest BCUT2D eigenvalue weighted by Crippen LogP contribution is -2.08. The third-order valence-electron chi connectivity index (χ3n) is 4.61. The molecule has 0 bridgehead atoms. The van der Waals surface area contributed by atoms with Gasteiger partial charge in [0.15, 0.2) is 11.5 Å². The van der Waals surface area contributed by atoms with Gasteiger partial charge in [-0.05, 0) is 30.5 Å². The number of rotatable bonds is 3. The van der Waals surface area contributed by atoms with Crippen LogP contribution in [0.4, 0.5) is 0 Å². The highest BCUT2D eigenvalue weighted by atomic mass is 16.3. The van der Waals surface area contributed by atoms with Crippen LogP contribution in [0.5, 0.6) is 23.0 Å². The number of phenolic OH excluding ortho intramolecular Hbond substituents is 4. The number of benzene rings is 3. The van der Waals surface area contributed by atoms with E-state index in [0.717, 1.165) is 16.7 Å². The molecule has 1 atom stereocenters. The normalized spacial score (nSPS) is 12.1. The van der Waals surface area contributed by atoms with E-state index in [1.807, 2.05) is 61.5 Å². The van der Waals surface area contributed by atoms with Gasteiger partial charge < -0.3 is 20.4 Å². The van der Waals surface area contributed by atoms with Gasteiger partial charge in [-0.3, -0.25) is 0 Å². The second-order valence-electron chi connectivity index (χ2n) is 6.13. The Hall–Kier alpha value is -3.14. The first kappa shape index (κ1) is 16.7. The molecule has 0 heterocycles. The maximum absolute atomic E-state index is 10.5. The number of phenols is 4. The molecule has 4 nitrogen and oxygen atoms in total. The van der Waals surface area contributed by atoms with E-state index < -0.39 is 28.9 Å². The van der Waals surface area contributed by atoms with Gasteiger partial charge in [-0.2, -0.15) is 0 Å². The lowest BCUT2D eigenvalue weighted by molar-refractivity contribution is 0.341. The van der Waals surface area contributed by atoms with Crippen molar-refractivity contribution in [1.29, 1.82) is 0 Å². The minimum atomic E-state index is -0.715. The van der Waals surface area contributed by atoms with Crippen LogP contribution in [-0.2, 0) is 0 Å². The zero-order valence-electron chi connectivity index (χ0n) is 14.1. The molecule has 0 saturated carbocycles. The molecule has 3 aromatic carbocycles. The maximum Gasteiger partial charge on any atom is 0.204 e. The lowest BCUT2D eigenvalue weighted by atomic mass is 9.80. The standard InChI is InChI=1S/C21H20O4/c1-12-8-6-7-11-15(12)17(14-9-4-3-5-10-14)16-13(2)18(22)20(24)21(25)19(16)23/h3-11,17,22-25H,1-2H3.